The van der Waals surface area contributed by atoms with Crippen LogP contribution in [0.15, 0.2) is 36.7 Å². The van der Waals surface area contributed by atoms with Crippen LogP contribution in [0, 0.1) is 22.0 Å². The third kappa shape index (κ3) is 6.18. The summed E-state index contributed by atoms with van der Waals surface area (Å²) in [6.07, 6.45) is 2.59. The van der Waals surface area contributed by atoms with Crippen molar-refractivity contribution in [2.75, 3.05) is 6.54 Å². The number of hydrogen-bond donors (Lipinski definition) is 1. The number of β-lactam (4-membered cyclic amide) rings is 1. The minimum Gasteiger partial charge on any atom is -0.459 e. The molecule has 1 aromatic carbocycles. The Kier molecular flexibility index (Phi) is 8.57. The number of rotatable bonds is 11. The van der Waals surface area contributed by atoms with Gasteiger partial charge in [0.05, 0.1) is 23.0 Å². The molecule has 1 saturated heterocycles. The fourth-order valence-electron chi connectivity index (χ4n) is 4.39. The van der Waals surface area contributed by atoms with Crippen LogP contribution in [-0.2, 0) is 25.4 Å². The standard InChI is InChI=1S/C26H36N4O7Si/c1-16(23(32)24-27-12-13-28-24)22-21(17(2)37-38(6,7)26(3,4)5)25(33)29(22)14-20(31)36-15-18-8-10-19(11-9-18)30(34)35/h8-13,16-17,21-22H,14-15H2,1-7H3,(H,27,28)/t16-,17-,21-,22+/m1/s1. The molecule has 2 aromatic rings. The second-order valence-corrected chi connectivity index (χ2v) is 16.0. The van der Waals surface area contributed by atoms with Gasteiger partial charge in [0.1, 0.15) is 13.2 Å². The largest absolute Gasteiger partial charge is 0.459 e. The van der Waals surface area contributed by atoms with E-state index in [1.807, 2.05) is 6.92 Å². The highest BCUT2D eigenvalue weighted by Crippen LogP contribution is 2.42. The lowest BCUT2D eigenvalue weighted by atomic mass is 9.75. The number of imidazole rings is 1. The van der Waals surface area contributed by atoms with E-state index in [1.54, 1.807) is 13.1 Å². The summed E-state index contributed by atoms with van der Waals surface area (Å²) in [7, 11) is -2.21. The molecule has 0 radical (unpaired) electrons. The van der Waals surface area contributed by atoms with E-state index in [4.69, 9.17) is 9.16 Å². The molecule has 12 heteroatoms. The first kappa shape index (κ1) is 29.2. The Hall–Kier alpha value is -3.38. The van der Waals surface area contributed by atoms with Gasteiger partial charge < -0.3 is 19.0 Å². The Morgan fingerprint density at radius 1 is 1.21 bits per heavy atom. The number of nitrogens with one attached hydrogen (secondary N) is 1. The monoisotopic (exact) mass is 544 g/mol. The van der Waals surface area contributed by atoms with Gasteiger partial charge in [-0.1, -0.05) is 27.7 Å². The number of ether oxygens (including phenoxy) is 1. The first-order valence-electron chi connectivity index (χ1n) is 12.5. The predicted octanol–water partition coefficient (Wildman–Crippen LogP) is 4.12. The molecule has 3 rings (SSSR count). The summed E-state index contributed by atoms with van der Waals surface area (Å²) in [5, 5.41) is 10.8. The second-order valence-electron chi connectivity index (χ2n) is 11.2. The molecular weight excluding hydrogens is 508 g/mol. The molecule has 1 aromatic heterocycles. The van der Waals surface area contributed by atoms with Gasteiger partial charge in [-0.3, -0.25) is 24.5 Å². The highest BCUT2D eigenvalue weighted by atomic mass is 28.4. The number of nitrogens with zero attached hydrogens (tertiary/aromatic N) is 3. The molecular formula is C26H36N4O7Si. The van der Waals surface area contributed by atoms with Crippen LogP contribution in [0.3, 0.4) is 0 Å². The minimum absolute atomic E-state index is 0.0654. The lowest BCUT2D eigenvalue weighted by Gasteiger charge is -2.52. The molecule has 2 heterocycles. The van der Waals surface area contributed by atoms with Gasteiger partial charge in [-0.25, -0.2) is 4.98 Å². The zero-order valence-corrected chi connectivity index (χ0v) is 23.9. The quantitative estimate of drug-likeness (QED) is 0.111. The number of ketones is 1. The average molecular weight is 545 g/mol. The van der Waals surface area contributed by atoms with E-state index < -0.39 is 43.2 Å². The molecule has 0 unspecified atom stereocenters. The van der Waals surface area contributed by atoms with Crippen molar-refractivity contribution in [2.45, 2.75) is 71.5 Å². The molecule has 1 amide bonds. The van der Waals surface area contributed by atoms with Gasteiger partial charge >= 0.3 is 5.97 Å². The molecule has 0 saturated carbocycles. The number of hydrogen-bond acceptors (Lipinski definition) is 8. The van der Waals surface area contributed by atoms with Gasteiger partial charge in [0.25, 0.3) is 5.69 Å². The Balaban J connectivity index is 1.74. The molecule has 38 heavy (non-hydrogen) atoms. The SMILES string of the molecule is C[C@@H](O[Si](C)(C)C(C)(C)C)[C@H]1C(=O)N(CC(=O)OCc2ccc([N+](=O)[O-])cc2)[C@H]1[C@@H](C)C(=O)c1ncc[nH]1. The zero-order chi connectivity index (χ0) is 28.4. The number of benzene rings is 1. The first-order valence-corrected chi connectivity index (χ1v) is 15.5. The topological polar surface area (TPSA) is 145 Å². The van der Waals surface area contributed by atoms with Crippen LogP contribution in [0.5, 0.6) is 0 Å². The molecule has 1 aliphatic rings. The maximum atomic E-state index is 13.3. The molecule has 11 nitrogen and oxygen atoms in total. The number of aromatic amines is 1. The summed E-state index contributed by atoms with van der Waals surface area (Å²) in [6.45, 7) is 13.7. The van der Waals surface area contributed by atoms with Crippen molar-refractivity contribution < 1.29 is 28.5 Å². The Morgan fingerprint density at radius 3 is 2.37 bits per heavy atom. The molecule has 0 spiro atoms. The van der Waals surface area contributed by atoms with Crippen molar-refractivity contribution in [3.05, 3.63) is 58.2 Å². The highest BCUT2D eigenvalue weighted by Gasteiger charge is 2.56. The van der Waals surface area contributed by atoms with Gasteiger partial charge in [0, 0.05) is 30.4 Å². The molecule has 0 aliphatic carbocycles. The lowest BCUT2D eigenvalue weighted by molar-refractivity contribution is -0.384. The number of nitro benzene ring substituents is 1. The zero-order valence-electron chi connectivity index (χ0n) is 22.9. The van der Waals surface area contributed by atoms with Crippen LogP contribution in [-0.4, -0.2) is 64.5 Å². The lowest BCUT2D eigenvalue weighted by Crippen LogP contribution is -2.69. The molecule has 1 aliphatic heterocycles. The summed E-state index contributed by atoms with van der Waals surface area (Å²) >= 11 is 0. The van der Waals surface area contributed by atoms with Gasteiger partial charge in [-0.2, -0.15) is 0 Å². The number of amides is 1. The number of likely N-dealkylation sites (tertiary alicyclic amines) is 1. The van der Waals surface area contributed by atoms with Crippen molar-refractivity contribution in [3.63, 3.8) is 0 Å². The molecule has 4 atom stereocenters. The third-order valence-electron chi connectivity index (χ3n) is 7.59. The summed E-state index contributed by atoms with van der Waals surface area (Å²) in [5.41, 5.74) is 0.510. The summed E-state index contributed by atoms with van der Waals surface area (Å²) < 4.78 is 11.8. The molecule has 0 bridgehead atoms. The van der Waals surface area contributed by atoms with E-state index in [0.717, 1.165) is 0 Å². The summed E-state index contributed by atoms with van der Waals surface area (Å²) in [5.74, 6) is -2.23. The average Bonchev–Trinajstić information content (AvgIpc) is 3.37. The number of carbonyl (C=O) groups is 3. The van der Waals surface area contributed by atoms with Crippen LogP contribution in [0.2, 0.25) is 18.1 Å². The fraction of sp³-hybridized carbons (Fsp3) is 0.538. The number of esters is 1. The van der Waals surface area contributed by atoms with Crippen LogP contribution >= 0.6 is 0 Å². The fourth-order valence-corrected chi connectivity index (χ4v) is 5.82. The second kappa shape index (κ2) is 11.2. The van der Waals surface area contributed by atoms with Crippen LogP contribution in [0.4, 0.5) is 5.69 Å². The van der Waals surface area contributed by atoms with Crippen molar-refractivity contribution in [1.82, 2.24) is 14.9 Å². The number of Topliss-reactive ketones (excluding diaryl/α,β-unsaturated/α-hetero) is 1. The van der Waals surface area contributed by atoms with E-state index in [9.17, 15) is 24.5 Å². The Morgan fingerprint density at radius 2 is 1.84 bits per heavy atom. The normalized spacial score (nSPS) is 19.4. The van der Waals surface area contributed by atoms with E-state index >= 15 is 0 Å². The number of carbonyl (C=O) groups excluding carboxylic acids is 3. The summed E-state index contributed by atoms with van der Waals surface area (Å²) in [6, 6.07) is 5.08. The molecule has 1 N–H and O–H groups in total. The summed E-state index contributed by atoms with van der Waals surface area (Å²) in [4.78, 5) is 57.7. The van der Waals surface area contributed by atoms with Gasteiger partial charge in [0.2, 0.25) is 11.7 Å². The first-order chi connectivity index (χ1) is 17.6. The van der Waals surface area contributed by atoms with Crippen molar-refractivity contribution >= 4 is 31.7 Å². The molecule has 1 fully saturated rings. The smallest absolute Gasteiger partial charge is 0.325 e. The van der Waals surface area contributed by atoms with Crippen LogP contribution < -0.4 is 0 Å². The van der Waals surface area contributed by atoms with Crippen LogP contribution in [0.1, 0.15) is 50.8 Å². The van der Waals surface area contributed by atoms with E-state index in [2.05, 4.69) is 43.8 Å². The van der Waals surface area contributed by atoms with E-state index in [0.29, 0.717) is 5.56 Å². The van der Waals surface area contributed by atoms with Crippen molar-refractivity contribution in [3.8, 4) is 0 Å². The maximum absolute atomic E-state index is 13.3. The third-order valence-corrected chi connectivity index (χ3v) is 12.2. The number of aromatic nitrogens is 2. The number of non-ortho nitro benzene ring substituents is 1. The van der Waals surface area contributed by atoms with Gasteiger partial charge in [-0.15, -0.1) is 0 Å². The van der Waals surface area contributed by atoms with Crippen molar-refractivity contribution in [2.24, 2.45) is 11.8 Å². The molecule has 206 valence electrons. The minimum atomic E-state index is -2.21. The van der Waals surface area contributed by atoms with E-state index in [1.165, 1.54) is 35.4 Å². The van der Waals surface area contributed by atoms with Gasteiger partial charge in [-0.05, 0) is 42.8 Å². The number of nitro groups is 1. The van der Waals surface area contributed by atoms with Crippen LogP contribution in [0.25, 0.3) is 0 Å². The van der Waals surface area contributed by atoms with E-state index in [-0.39, 0.29) is 41.4 Å². The predicted molar refractivity (Wildman–Crippen MR) is 142 cm³/mol. The highest BCUT2D eigenvalue weighted by molar-refractivity contribution is 6.74. The number of H-pyrrole nitrogens is 1. The van der Waals surface area contributed by atoms with Gasteiger partial charge in [0.15, 0.2) is 14.1 Å². The Bertz CT molecular complexity index is 1180. The van der Waals surface area contributed by atoms with Crippen molar-refractivity contribution in [1.29, 1.82) is 0 Å². The Labute approximate surface area is 223 Å². The maximum Gasteiger partial charge on any atom is 0.325 e.